The lowest BCUT2D eigenvalue weighted by atomic mass is 10.3. The van der Waals surface area contributed by atoms with Crippen molar-refractivity contribution < 1.29 is 13.7 Å². The minimum absolute atomic E-state index is 0.269. The number of aromatic nitrogens is 2. The van der Waals surface area contributed by atoms with Crippen LogP contribution < -0.4 is 0 Å². The van der Waals surface area contributed by atoms with Gasteiger partial charge in [0.25, 0.3) is 0 Å². The van der Waals surface area contributed by atoms with Crippen molar-refractivity contribution in [2.24, 2.45) is 7.05 Å². The van der Waals surface area contributed by atoms with Crippen molar-refractivity contribution in [3.63, 3.8) is 0 Å². The summed E-state index contributed by atoms with van der Waals surface area (Å²) >= 11 is 0. The van der Waals surface area contributed by atoms with Crippen LogP contribution in [0.1, 0.15) is 0 Å². The van der Waals surface area contributed by atoms with Gasteiger partial charge in [0.15, 0.2) is 11.6 Å². The van der Waals surface area contributed by atoms with Gasteiger partial charge in [-0.1, -0.05) is 0 Å². The van der Waals surface area contributed by atoms with Crippen molar-refractivity contribution in [1.29, 1.82) is 0 Å². The Morgan fingerprint density at radius 2 is 2.16 bits per heavy atom. The first-order valence-electron chi connectivity index (χ1n) is 5.43. The van der Waals surface area contributed by atoms with Gasteiger partial charge in [-0.05, 0) is 24.3 Å². The van der Waals surface area contributed by atoms with Crippen LogP contribution in [0.5, 0.6) is 0 Å². The number of nitro groups is 1. The van der Waals surface area contributed by atoms with Crippen molar-refractivity contribution in [3.8, 4) is 11.6 Å². The standard InChI is InChI=1S/C12H8FN3O3/c1-15-9-6-7(13)2-3-8(9)14-12(15)10-4-5-11(19-10)16(17)18/h2-6H,1H3. The largest absolute Gasteiger partial charge is 0.433 e. The van der Waals surface area contributed by atoms with Crippen LogP contribution in [0.2, 0.25) is 0 Å². The smallest absolute Gasteiger partial charge is 0.397 e. The normalized spacial score (nSPS) is 11.1. The molecular formula is C12H8FN3O3. The van der Waals surface area contributed by atoms with E-state index in [1.165, 1.54) is 24.3 Å². The van der Waals surface area contributed by atoms with Gasteiger partial charge in [-0.2, -0.15) is 0 Å². The topological polar surface area (TPSA) is 74.1 Å². The van der Waals surface area contributed by atoms with E-state index >= 15 is 0 Å². The van der Waals surface area contributed by atoms with Gasteiger partial charge >= 0.3 is 5.88 Å². The van der Waals surface area contributed by atoms with Gasteiger partial charge in [0.1, 0.15) is 10.7 Å². The molecule has 0 saturated carbocycles. The molecule has 1 aromatic carbocycles. The van der Waals surface area contributed by atoms with E-state index < -0.39 is 4.92 Å². The number of nitrogens with zero attached hydrogens (tertiary/aromatic N) is 3. The molecular weight excluding hydrogens is 253 g/mol. The number of benzene rings is 1. The predicted octanol–water partition coefficient (Wildman–Crippen LogP) is 2.88. The lowest BCUT2D eigenvalue weighted by molar-refractivity contribution is -0.401. The Morgan fingerprint density at radius 3 is 2.84 bits per heavy atom. The van der Waals surface area contributed by atoms with E-state index in [-0.39, 0.29) is 17.5 Å². The SMILES string of the molecule is Cn1c(-c2ccc([N+](=O)[O-])o2)nc2ccc(F)cc21. The number of furan rings is 1. The van der Waals surface area contributed by atoms with E-state index in [0.29, 0.717) is 16.9 Å². The van der Waals surface area contributed by atoms with E-state index in [2.05, 4.69) is 4.98 Å². The van der Waals surface area contributed by atoms with Crippen molar-refractivity contribution >= 4 is 16.9 Å². The molecule has 0 aliphatic carbocycles. The van der Waals surface area contributed by atoms with Crippen molar-refractivity contribution in [1.82, 2.24) is 9.55 Å². The Morgan fingerprint density at radius 1 is 1.37 bits per heavy atom. The number of imidazole rings is 1. The summed E-state index contributed by atoms with van der Waals surface area (Å²) in [5.74, 6) is -0.0415. The highest BCUT2D eigenvalue weighted by Gasteiger charge is 2.18. The monoisotopic (exact) mass is 261 g/mol. The van der Waals surface area contributed by atoms with Gasteiger partial charge in [-0.3, -0.25) is 10.1 Å². The zero-order valence-electron chi connectivity index (χ0n) is 9.83. The van der Waals surface area contributed by atoms with Crippen LogP contribution in [0.3, 0.4) is 0 Å². The second-order valence-electron chi connectivity index (χ2n) is 4.02. The molecule has 96 valence electrons. The zero-order valence-corrected chi connectivity index (χ0v) is 9.83. The maximum absolute atomic E-state index is 13.2. The number of aryl methyl sites for hydroxylation is 1. The molecule has 7 heteroatoms. The molecule has 2 heterocycles. The minimum atomic E-state index is -0.619. The van der Waals surface area contributed by atoms with Crippen molar-refractivity contribution in [2.75, 3.05) is 0 Å². The van der Waals surface area contributed by atoms with E-state index in [4.69, 9.17) is 4.42 Å². The van der Waals surface area contributed by atoms with E-state index in [0.717, 1.165) is 0 Å². The van der Waals surface area contributed by atoms with Crippen LogP contribution in [-0.2, 0) is 7.05 Å². The van der Waals surface area contributed by atoms with Gasteiger partial charge in [0.2, 0.25) is 0 Å². The van der Waals surface area contributed by atoms with E-state index in [9.17, 15) is 14.5 Å². The lowest BCUT2D eigenvalue weighted by Crippen LogP contribution is -1.91. The summed E-state index contributed by atoms with van der Waals surface area (Å²) in [4.78, 5) is 14.2. The minimum Gasteiger partial charge on any atom is -0.397 e. The molecule has 19 heavy (non-hydrogen) atoms. The van der Waals surface area contributed by atoms with Crippen LogP contribution in [0.15, 0.2) is 34.7 Å². The maximum Gasteiger partial charge on any atom is 0.433 e. The summed E-state index contributed by atoms with van der Waals surface area (Å²) in [6.07, 6.45) is 0. The summed E-state index contributed by atoms with van der Waals surface area (Å²) in [6, 6.07) is 6.93. The Labute approximate surface area is 106 Å². The number of fused-ring (bicyclic) bond motifs is 1. The summed E-state index contributed by atoms with van der Waals surface area (Å²) in [7, 11) is 1.69. The predicted molar refractivity (Wildman–Crippen MR) is 65.0 cm³/mol. The molecule has 0 N–H and O–H groups in total. The number of rotatable bonds is 2. The first-order chi connectivity index (χ1) is 9.06. The van der Waals surface area contributed by atoms with Crippen LogP contribution in [-0.4, -0.2) is 14.5 Å². The Bertz CT molecular complexity index is 791. The first-order valence-corrected chi connectivity index (χ1v) is 5.43. The molecule has 3 rings (SSSR count). The Kier molecular flexibility index (Phi) is 2.34. The molecule has 2 aromatic heterocycles. The molecule has 0 unspecified atom stereocenters. The molecule has 0 amide bonds. The molecule has 0 aliphatic heterocycles. The van der Waals surface area contributed by atoms with Crippen molar-refractivity contribution in [3.05, 3.63) is 46.3 Å². The average molecular weight is 261 g/mol. The van der Waals surface area contributed by atoms with Crippen LogP contribution in [0, 0.1) is 15.9 Å². The third kappa shape index (κ3) is 1.75. The third-order valence-electron chi connectivity index (χ3n) is 2.84. The zero-order chi connectivity index (χ0) is 13.6. The summed E-state index contributed by atoms with van der Waals surface area (Å²) < 4.78 is 19.9. The average Bonchev–Trinajstić information content (AvgIpc) is 2.95. The second-order valence-corrected chi connectivity index (χ2v) is 4.02. The number of hydrogen-bond acceptors (Lipinski definition) is 4. The number of halogens is 1. The van der Waals surface area contributed by atoms with E-state index in [1.807, 2.05) is 0 Å². The molecule has 0 aliphatic rings. The van der Waals surface area contributed by atoms with Gasteiger partial charge in [-0.15, -0.1) is 0 Å². The Hall–Kier alpha value is -2.70. The van der Waals surface area contributed by atoms with Gasteiger partial charge in [0.05, 0.1) is 17.1 Å². The molecule has 0 radical (unpaired) electrons. The number of hydrogen-bond donors (Lipinski definition) is 0. The van der Waals surface area contributed by atoms with Gasteiger partial charge in [-0.25, -0.2) is 9.37 Å². The van der Waals surface area contributed by atoms with Gasteiger partial charge < -0.3 is 8.98 Å². The first kappa shape index (κ1) is 11.4. The summed E-state index contributed by atoms with van der Waals surface area (Å²) in [5, 5.41) is 10.6. The van der Waals surface area contributed by atoms with Crippen LogP contribution >= 0.6 is 0 Å². The summed E-state index contributed by atoms with van der Waals surface area (Å²) in [6.45, 7) is 0. The highest BCUT2D eigenvalue weighted by Crippen LogP contribution is 2.28. The molecule has 0 atom stereocenters. The highest BCUT2D eigenvalue weighted by molar-refractivity contribution is 5.79. The fourth-order valence-corrected chi connectivity index (χ4v) is 1.93. The highest BCUT2D eigenvalue weighted by atomic mass is 19.1. The third-order valence-corrected chi connectivity index (χ3v) is 2.84. The van der Waals surface area contributed by atoms with Crippen LogP contribution in [0.4, 0.5) is 10.3 Å². The fourth-order valence-electron chi connectivity index (χ4n) is 1.93. The van der Waals surface area contributed by atoms with Crippen molar-refractivity contribution in [2.45, 2.75) is 0 Å². The second kappa shape index (κ2) is 3.91. The lowest BCUT2D eigenvalue weighted by Gasteiger charge is -1.98. The Balaban J connectivity index is 2.19. The fraction of sp³-hybridized carbons (Fsp3) is 0.0833. The quantitative estimate of drug-likeness (QED) is 0.525. The molecule has 0 fully saturated rings. The summed E-state index contributed by atoms with van der Waals surface area (Å²) in [5.41, 5.74) is 1.19. The maximum atomic E-state index is 13.2. The van der Waals surface area contributed by atoms with Gasteiger partial charge in [0, 0.05) is 7.05 Å². The molecule has 0 saturated heterocycles. The molecule has 0 bridgehead atoms. The molecule has 0 spiro atoms. The van der Waals surface area contributed by atoms with E-state index in [1.54, 1.807) is 17.7 Å². The molecule has 6 nitrogen and oxygen atoms in total. The van der Waals surface area contributed by atoms with Crippen LogP contribution in [0.25, 0.3) is 22.6 Å². The molecule has 3 aromatic rings.